The molecule has 2 unspecified atom stereocenters. The van der Waals surface area contributed by atoms with Gasteiger partial charge < -0.3 is 33.3 Å². The second-order valence-corrected chi connectivity index (χ2v) is 21.3. The lowest BCUT2D eigenvalue weighted by Gasteiger charge is -2.26. The lowest BCUT2D eigenvalue weighted by atomic mass is 10.0. The lowest BCUT2D eigenvalue weighted by Crippen LogP contribution is -2.44. The largest absolute Gasteiger partial charge is 0.545 e. The van der Waals surface area contributed by atoms with E-state index in [4.69, 9.17) is 18.9 Å². The Morgan fingerprint density at radius 1 is 0.425 bits per heavy atom. The highest BCUT2D eigenvalue weighted by Crippen LogP contribution is 2.16. The number of likely N-dealkylation sites (N-methyl/N-ethyl adjacent to an activating group) is 1. The van der Waals surface area contributed by atoms with Crippen LogP contribution in [0.1, 0.15) is 258 Å². The molecule has 0 amide bonds. The van der Waals surface area contributed by atoms with Crippen molar-refractivity contribution in [2.75, 3.05) is 47.5 Å². The number of esters is 2. The third kappa shape index (κ3) is 56.3. The fraction of sp³-hybridized carbons (Fsp3) is 0.766. The minimum atomic E-state index is -1.63. The van der Waals surface area contributed by atoms with Crippen LogP contribution in [0.3, 0.4) is 0 Å². The van der Waals surface area contributed by atoms with Crippen LogP contribution in [-0.2, 0) is 33.3 Å². The third-order valence-electron chi connectivity index (χ3n) is 12.9. The highest BCUT2D eigenvalue weighted by atomic mass is 16.7. The molecule has 2 atom stereocenters. The molecule has 0 aromatic heterocycles. The molecule has 0 saturated heterocycles. The van der Waals surface area contributed by atoms with Crippen LogP contribution in [-0.4, -0.2) is 82.3 Å². The first-order chi connectivity index (χ1) is 35.6. The van der Waals surface area contributed by atoms with Crippen molar-refractivity contribution in [3.05, 3.63) is 72.9 Å². The lowest BCUT2D eigenvalue weighted by molar-refractivity contribution is -0.870. The van der Waals surface area contributed by atoms with Gasteiger partial charge in [-0.2, -0.15) is 0 Å². The molecule has 0 aliphatic carbocycles. The van der Waals surface area contributed by atoms with Crippen LogP contribution >= 0.6 is 0 Å². The number of aliphatic carboxylic acids is 1. The van der Waals surface area contributed by atoms with E-state index in [1.165, 1.54) is 141 Å². The molecule has 0 fully saturated rings. The van der Waals surface area contributed by atoms with Gasteiger partial charge in [0.1, 0.15) is 13.2 Å². The van der Waals surface area contributed by atoms with Crippen molar-refractivity contribution in [3.8, 4) is 0 Å². The minimum Gasteiger partial charge on any atom is -0.545 e. The van der Waals surface area contributed by atoms with E-state index in [1.807, 2.05) is 21.1 Å². The van der Waals surface area contributed by atoms with Gasteiger partial charge in [-0.1, -0.05) is 234 Å². The van der Waals surface area contributed by atoms with Gasteiger partial charge in [-0.15, -0.1) is 0 Å². The second kappa shape index (κ2) is 55.0. The smallest absolute Gasteiger partial charge is 0.306 e. The van der Waals surface area contributed by atoms with Crippen LogP contribution in [0.25, 0.3) is 0 Å². The summed E-state index contributed by atoms with van der Waals surface area (Å²) in [5, 5.41) is 11.8. The molecule has 0 radical (unpaired) electrons. The average Bonchev–Trinajstić information content (AvgIpc) is 3.36. The molecule has 0 aromatic carbocycles. The van der Waals surface area contributed by atoms with Gasteiger partial charge in [0.2, 0.25) is 0 Å². The molecule has 422 valence electrons. The summed E-state index contributed by atoms with van der Waals surface area (Å²) in [7, 11) is 5.91. The first-order valence-corrected chi connectivity index (χ1v) is 30.1. The summed E-state index contributed by atoms with van der Waals surface area (Å²) in [5.74, 6) is -2.30. The fourth-order valence-corrected chi connectivity index (χ4v) is 8.32. The molecule has 0 saturated carbocycles. The van der Waals surface area contributed by atoms with Crippen molar-refractivity contribution in [1.29, 1.82) is 0 Å². The number of ether oxygens (including phenoxy) is 4. The number of unbranched alkanes of at least 4 members (excludes halogenated alkanes) is 28. The maximum atomic E-state index is 12.9. The number of carbonyl (C=O) groups is 3. The topological polar surface area (TPSA) is 111 Å². The number of nitrogens with zero attached hydrogens (tertiary/aromatic N) is 1. The van der Waals surface area contributed by atoms with Gasteiger partial charge in [0, 0.05) is 12.8 Å². The number of carboxylic acid groups (broad SMARTS) is 1. The first-order valence-electron chi connectivity index (χ1n) is 30.1. The van der Waals surface area contributed by atoms with E-state index < -0.39 is 24.3 Å². The van der Waals surface area contributed by atoms with Gasteiger partial charge in [0.05, 0.1) is 40.3 Å². The number of hydrogen-bond acceptors (Lipinski definition) is 8. The molecule has 0 aliphatic heterocycles. The maximum absolute atomic E-state index is 12.9. The summed E-state index contributed by atoms with van der Waals surface area (Å²) >= 11 is 0. The Kier molecular flexibility index (Phi) is 52.5. The maximum Gasteiger partial charge on any atom is 0.306 e. The third-order valence-corrected chi connectivity index (χ3v) is 12.9. The van der Waals surface area contributed by atoms with E-state index in [9.17, 15) is 19.5 Å². The molecular formula is C64H113NO8. The zero-order valence-electron chi connectivity index (χ0n) is 48.0. The molecule has 0 N–H and O–H groups in total. The number of carboxylic acids is 1. The molecule has 0 aliphatic rings. The van der Waals surface area contributed by atoms with Crippen LogP contribution in [0.4, 0.5) is 0 Å². The Hall–Kier alpha value is -3.27. The highest BCUT2D eigenvalue weighted by Gasteiger charge is 2.22. The Morgan fingerprint density at radius 3 is 1.16 bits per heavy atom. The molecule has 9 nitrogen and oxygen atoms in total. The van der Waals surface area contributed by atoms with Gasteiger partial charge >= 0.3 is 11.9 Å². The standard InChI is InChI=1S/C64H113NO8/c1-6-8-10-12-14-16-18-20-22-23-24-25-26-27-28-29-30-31-32-33-34-35-36-37-38-39-41-43-45-47-49-51-53-55-62(67)73-60(59-72-64(63(68)69)70-57-56-65(3,4)5)58-71-61(66)54-52-50-48-46-44-42-40-21-19-17-15-13-11-9-7-2/h9,11,15,17-18,20-21,23-24,26-27,40,60,64H,6-8,10,12-14,16,19,22,25,28-39,41-59H2,1-5H3/b11-9-,17-15-,20-18-,24-23-,27-26-,40-21-. The van der Waals surface area contributed by atoms with Gasteiger partial charge in [-0.25, -0.2) is 0 Å². The summed E-state index contributed by atoms with van der Waals surface area (Å²) in [6, 6.07) is 0. The van der Waals surface area contributed by atoms with E-state index in [-0.39, 0.29) is 38.6 Å². The van der Waals surface area contributed by atoms with Crippen molar-refractivity contribution >= 4 is 17.9 Å². The predicted octanol–water partition coefficient (Wildman–Crippen LogP) is 16.5. The zero-order chi connectivity index (χ0) is 53.4. The molecule has 73 heavy (non-hydrogen) atoms. The number of carbonyl (C=O) groups excluding carboxylic acids is 3. The monoisotopic (exact) mass is 1020 g/mol. The Labute approximate surface area is 449 Å². The Balaban J connectivity index is 4.11. The molecule has 0 spiro atoms. The van der Waals surface area contributed by atoms with Crippen molar-refractivity contribution < 1.29 is 42.9 Å². The highest BCUT2D eigenvalue weighted by molar-refractivity contribution is 5.70. The van der Waals surface area contributed by atoms with Crippen molar-refractivity contribution in [2.24, 2.45) is 0 Å². The zero-order valence-corrected chi connectivity index (χ0v) is 48.0. The predicted molar refractivity (Wildman–Crippen MR) is 306 cm³/mol. The molecule has 0 aromatic rings. The van der Waals surface area contributed by atoms with Crippen LogP contribution in [0.15, 0.2) is 72.9 Å². The van der Waals surface area contributed by atoms with Gasteiger partial charge in [0.15, 0.2) is 12.4 Å². The summed E-state index contributed by atoms with van der Waals surface area (Å²) in [4.78, 5) is 37.2. The summed E-state index contributed by atoms with van der Waals surface area (Å²) < 4.78 is 22.7. The molecular weight excluding hydrogens is 911 g/mol. The average molecular weight is 1020 g/mol. The number of hydrogen-bond donors (Lipinski definition) is 0. The molecule has 0 heterocycles. The van der Waals surface area contributed by atoms with E-state index in [0.29, 0.717) is 17.4 Å². The fourth-order valence-electron chi connectivity index (χ4n) is 8.32. The Bertz CT molecular complexity index is 1420. The van der Waals surface area contributed by atoms with E-state index in [2.05, 4.69) is 86.8 Å². The molecule has 0 bridgehead atoms. The normalized spacial score (nSPS) is 13.3. The van der Waals surface area contributed by atoms with E-state index >= 15 is 0 Å². The SMILES string of the molecule is CC/C=C\C/C=C\C/C=C\CCCCCCCC(=O)OCC(COC(OCC[N+](C)(C)C)C(=O)[O-])OC(=O)CCCCCCCCCCCCCCCCCCCC/C=C\C/C=C\C/C=C\CCCCCCC. The number of rotatable bonds is 55. The summed E-state index contributed by atoms with van der Waals surface area (Å²) in [6.07, 6.45) is 68.3. The molecule has 9 heteroatoms. The van der Waals surface area contributed by atoms with Crippen LogP contribution in [0.5, 0.6) is 0 Å². The number of quaternary nitrogens is 1. The minimum absolute atomic E-state index is 0.143. The Morgan fingerprint density at radius 2 is 0.781 bits per heavy atom. The van der Waals surface area contributed by atoms with Gasteiger partial charge in [-0.05, 0) is 83.5 Å². The van der Waals surface area contributed by atoms with E-state index in [1.54, 1.807) is 0 Å². The van der Waals surface area contributed by atoms with Crippen molar-refractivity contribution in [3.63, 3.8) is 0 Å². The van der Waals surface area contributed by atoms with Crippen molar-refractivity contribution in [2.45, 2.75) is 270 Å². The summed E-state index contributed by atoms with van der Waals surface area (Å²) in [6.45, 7) is 4.61. The van der Waals surface area contributed by atoms with Gasteiger partial charge in [0.25, 0.3) is 0 Å². The second-order valence-electron chi connectivity index (χ2n) is 21.3. The number of allylic oxidation sites excluding steroid dienone is 12. The van der Waals surface area contributed by atoms with Crippen LogP contribution in [0, 0.1) is 0 Å². The summed E-state index contributed by atoms with van der Waals surface area (Å²) in [5.41, 5.74) is 0. The first kappa shape index (κ1) is 69.7. The van der Waals surface area contributed by atoms with Crippen LogP contribution < -0.4 is 5.11 Å². The quantitative estimate of drug-likeness (QED) is 0.0195. The van der Waals surface area contributed by atoms with Gasteiger partial charge in [-0.3, -0.25) is 9.59 Å². The molecule has 0 rings (SSSR count). The van der Waals surface area contributed by atoms with E-state index in [0.717, 1.165) is 83.5 Å². The van der Waals surface area contributed by atoms with Crippen molar-refractivity contribution in [1.82, 2.24) is 0 Å². The van der Waals surface area contributed by atoms with Crippen LogP contribution in [0.2, 0.25) is 0 Å².